The highest BCUT2D eigenvalue weighted by Gasteiger charge is 2.32. The molecule has 0 radical (unpaired) electrons. The summed E-state index contributed by atoms with van der Waals surface area (Å²) in [6.07, 6.45) is 0. The molecule has 0 aliphatic carbocycles. The number of hydrogen-bond donors (Lipinski definition) is 1. The van der Waals surface area contributed by atoms with Crippen LogP contribution in [0.1, 0.15) is 10.9 Å². The minimum absolute atomic E-state index is 0.0223. The first-order valence-electron chi connectivity index (χ1n) is 10.7. The van der Waals surface area contributed by atoms with E-state index in [4.69, 9.17) is 4.74 Å². The van der Waals surface area contributed by atoms with Crippen LogP contribution in [0, 0.1) is 5.82 Å². The molecule has 1 atom stereocenters. The molecule has 1 N–H and O–H groups in total. The fourth-order valence-corrected chi connectivity index (χ4v) is 5.36. The maximum Gasteiger partial charge on any atom is 0.318 e. The Morgan fingerprint density at radius 3 is 2.71 bits per heavy atom. The van der Waals surface area contributed by atoms with E-state index in [2.05, 4.69) is 15.1 Å². The van der Waals surface area contributed by atoms with Crippen molar-refractivity contribution < 1.29 is 13.9 Å². The first kappa shape index (κ1) is 21.8. The molecule has 2 fully saturated rings. The van der Waals surface area contributed by atoms with Crippen molar-refractivity contribution in [2.24, 2.45) is 0 Å². The topological polar surface area (TPSA) is 48.1 Å². The summed E-state index contributed by atoms with van der Waals surface area (Å²) in [4.78, 5) is 18.7. The number of anilines is 1. The molecule has 2 aliphatic rings. The predicted octanol–water partition coefficient (Wildman–Crippen LogP) is 3.41. The number of nitrogens with zero attached hydrogens (tertiary/aromatic N) is 3. The summed E-state index contributed by atoms with van der Waals surface area (Å²) in [6.45, 7) is 5.75. The summed E-state index contributed by atoms with van der Waals surface area (Å²) < 4.78 is 19.6. The lowest BCUT2D eigenvalue weighted by Crippen LogP contribution is -2.47. The van der Waals surface area contributed by atoms with E-state index >= 15 is 0 Å². The number of carbonyl (C=O) groups is 1. The van der Waals surface area contributed by atoms with Crippen molar-refractivity contribution in [1.29, 1.82) is 0 Å². The Morgan fingerprint density at radius 2 is 1.94 bits per heavy atom. The Kier molecular flexibility index (Phi) is 7.19. The molecule has 2 heterocycles. The molecule has 0 spiro atoms. The summed E-state index contributed by atoms with van der Waals surface area (Å²) >= 11 is 1.76. The Bertz CT molecular complexity index is 891. The second kappa shape index (κ2) is 10.2. The highest BCUT2D eigenvalue weighted by Crippen LogP contribution is 2.41. The van der Waals surface area contributed by atoms with Crippen LogP contribution in [0.25, 0.3) is 0 Å². The third-order valence-electron chi connectivity index (χ3n) is 5.76. The number of hydrogen-bond acceptors (Lipinski definition) is 5. The number of nitrogens with one attached hydrogen (secondary N) is 1. The molecule has 2 saturated heterocycles. The Balaban J connectivity index is 1.29. The smallest absolute Gasteiger partial charge is 0.318 e. The standard InChI is InChI=1S/C23H29FN4O2S/c1-25-23(29)28-14-16-31-22(28)20-7-2-3-8-21(20)30-15-13-26-9-11-27(12-10-26)19-6-4-5-18(24)17-19/h2-8,17,22H,9-16H2,1H3,(H,25,29). The highest BCUT2D eigenvalue weighted by atomic mass is 32.2. The molecule has 4 rings (SSSR count). The van der Waals surface area contributed by atoms with E-state index in [9.17, 15) is 9.18 Å². The zero-order valence-corrected chi connectivity index (χ0v) is 18.6. The zero-order valence-electron chi connectivity index (χ0n) is 17.8. The average Bonchev–Trinajstić information content (AvgIpc) is 3.29. The largest absolute Gasteiger partial charge is 0.492 e. The molecule has 2 aromatic rings. The maximum atomic E-state index is 13.5. The van der Waals surface area contributed by atoms with E-state index in [1.165, 1.54) is 6.07 Å². The number of thioether (sulfide) groups is 1. The minimum atomic E-state index is -0.192. The van der Waals surface area contributed by atoms with E-state index in [0.717, 1.165) is 62.0 Å². The van der Waals surface area contributed by atoms with Gasteiger partial charge in [-0.05, 0) is 24.3 Å². The number of amides is 2. The third kappa shape index (κ3) is 5.25. The van der Waals surface area contributed by atoms with Crippen LogP contribution in [0.2, 0.25) is 0 Å². The SMILES string of the molecule is CNC(=O)N1CCSC1c1ccccc1OCCN1CCN(c2cccc(F)c2)CC1. The molecule has 0 aromatic heterocycles. The van der Waals surface area contributed by atoms with Gasteiger partial charge in [0.25, 0.3) is 0 Å². The fourth-order valence-electron chi connectivity index (χ4n) is 4.08. The van der Waals surface area contributed by atoms with Crippen LogP contribution in [0.15, 0.2) is 48.5 Å². The molecule has 8 heteroatoms. The number of urea groups is 1. The van der Waals surface area contributed by atoms with Crippen molar-refractivity contribution in [3.8, 4) is 5.75 Å². The van der Waals surface area contributed by atoms with Crippen LogP contribution < -0.4 is 15.0 Å². The predicted molar refractivity (Wildman–Crippen MR) is 123 cm³/mol. The number of benzene rings is 2. The van der Waals surface area contributed by atoms with E-state index in [1.54, 1.807) is 30.9 Å². The minimum Gasteiger partial charge on any atom is -0.492 e. The van der Waals surface area contributed by atoms with Gasteiger partial charge in [0.1, 0.15) is 23.5 Å². The molecule has 0 saturated carbocycles. The second-order valence-electron chi connectivity index (χ2n) is 7.67. The van der Waals surface area contributed by atoms with Gasteiger partial charge in [-0.15, -0.1) is 11.8 Å². The third-order valence-corrected chi connectivity index (χ3v) is 7.00. The lowest BCUT2D eigenvalue weighted by molar-refractivity contribution is 0.194. The van der Waals surface area contributed by atoms with Gasteiger partial charge in [0.05, 0.1) is 0 Å². The summed E-state index contributed by atoms with van der Waals surface area (Å²) in [5.74, 6) is 1.57. The van der Waals surface area contributed by atoms with Crippen LogP contribution in [0.4, 0.5) is 14.9 Å². The maximum absolute atomic E-state index is 13.5. The van der Waals surface area contributed by atoms with E-state index in [0.29, 0.717) is 6.61 Å². The number of para-hydroxylation sites is 1. The molecule has 2 aliphatic heterocycles. The number of rotatable bonds is 6. The Labute approximate surface area is 187 Å². The second-order valence-corrected chi connectivity index (χ2v) is 8.85. The zero-order chi connectivity index (χ0) is 21.6. The Morgan fingerprint density at radius 1 is 1.13 bits per heavy atom. The summed E-state index contributed by atoms with van der Waals surface area (Å²) in [6, 6.07) is 14.7. The normalized spacial score (nSPS) is 19.5. The van der Waals surface area contributed by atoms with E-state index < -0.39 is 0 Å². The molecule has 2 amide bonds. The van der Waals surface area contributed by atoms with Gasteiger partial charge in [0, 0.05) is 63.3 Å². The highest BCUT2D eigenvalue weighted by molar-refractivity contribution is 7.99. The van der Waals surface area contributed by atoms with Gasteiger partial charge in [-0.3, -0.25) is 4.90 Å². The summed E-state index contributed by atoms with van der Waals surface area (Å²) in [5.41, 5.74) is 1.99. The molecule has 2 aromatic carbocycles. The molecule has 1 unspecified atom stereocenters. The van der Waals surface area contributed by atoms with Crippen LogP contribution >= 0.6 is 11.8 Å². The van der Waals surface area contributed by atoms with Gasteiger partial charge in [-0.2, -0.15) is 0 Å². The molecule has 31 heavy (non-hydrogen) atoms. The van der Waals surface area contributed by atoms with Gasteiger partial charge < -0.3 is 19.9 Å². The quantitative estimate of drug-likeness (QED) is 0.740. The monoisotopic (exact) mass is 444 g/mol. The first-order valence-corrected chi connectivity index (χ1v) is 11.7. The van der Waals surface area contributed by atoms with E-state index in [1.807, 2.05) is 35.2 Å². The van der Waals surface area contributed by atoms with Crippen molar-refractivity contribution in [2.45, 2.75) is 5.37 Å². The molecular weight excluding hydrogens is 415 g/mol. The Hall–Kier alpha value is -2.45. The summed E-state index contributed by atoms with van der Waals surface area (Å²) in [7, 11) is 1.67. The number of ether oxygens (including phenoxy) is 1. The van der Waals surface area contributed by atoms with Gasteiger partial charge in [0.2, 0.25) is 0 Å². The average molecular weight is 445 g/mol. The lowest BCUT2D eigenvalue weighted by Gasteiger charge is -2.36. The molecule has 166 valence electrons. The first-order chi connectivity index (χ1) is 15.2. The van der Waals surface area contributed by atoms with E-state index in [-0.39, 0.29) is 17.2 Å². The molecular formula is C23H29FN4O2S. The summed E-state index contributed by atoms with van der Waals surface area (Å²) in [5, 5.41) is 2.71. The van der Waals surface area contributed by atoms with Crippen LogP contribution in [0.5, 0.6) is 5.75 Å². The van der Waals surface area contributed by atoms with Crippen molar-refractivity contribution in [3.63, 3.8) is 0 Å². The van der Waals surface area contributed by atoms with Crippen LogP contribution in [0.3, 0.4) is 0 Å². The van der Waals surface area contributed by atoms with Crippen LogP contribution in [-0.2, 0) is 0 Å². The van der Waals surface area contributed by atoms with Crippen molar-refractivity contribution in [3.05, 3.63) is 59.9 Å². The molecule has 0 bridgehead atoms. The lowest BCUT2D eigenvalue weighted by atomic mass is 10.2. The number of piperazine rings is 1. The van der Waals surface area contributed by atoms with Crippen LogP contribution in [-0.4, -0.2) is 74.5 Å². The van der Waals surface area contributed by atoms with Gasteiger partial charge in [0.15, 0.2) is 0 Å². The fraction of sp³-hybridized carbons (Fsp3) is 0.435. The van der Waals surface area contributed by atoms with Crippen molar-refractivity contribution >= 4 is 23.5 Å². The van der Waals surface area contributed by atoms with Gasteiger partial charge in [-0.1, -0.05) is 24.3 Å². The number of halogens is 1. The molecule has 6 nitrogen and oxygen atoms in total. The number of carbonyl (C=O) groups excluding carboxylic acids is 1. The van der Waals surface area contributed by atoms with Gasteiger partial charge >= 0.3 is 6.03 Å². The van der Waals surface area contributed by atoms with Crippen molar-refractivity contribution in [2.75, 3.05) is 63.6 Å². The van der Waals surface area contributed by atoms with Crippen molar-refractivity contribution in [1.82, 2.24) is 15.1 Å². The van der Waals surface area contributed by atoms with Gasteiger partial charge in [-0.25, -0.2) is 9.18 Å².